The third-order valence-electron chi connectivity index (χ3n) is 4.61. The second-order valence-corrected chi connectivity index (χ2v) is 6.50. The van der Waals surface area contributed by atoms with Gasteiger partial charge in [-0.15, -0.1) is 0 Å². The summed E-state index contributed by atoms with van der Waals surface area (Å²) in [5.41, 5.74) is 2.06. The van der Waals surface area contributed by atoms with Crippen LogP contribution in [0.15, 0.2) is 60.9 Å². The zero-order valence-electron chi connectivity index (χ0n) is 13.7. The first-order valence-electron chi connectivity index (χ1n) is 8.15. The quantitative estimate of drug-likeness (QED) is 0.700. The fourth-order valence-electron chi connectivity index (χ4n) is 3.52. The van der Waals surface area contributed by atoms with E-state index in [0.717, 1.165) is 11.1 Å². The van der Waals surface area contributed by atoms with E-state index in [2.05, 4.69) is 10.1 Å². The molecule has 126 valence electrons. The standard InChI is InChI=1S/C19H17ClN4O/c1-13(25)23-17(14-7-3-2-4-8-14)11-18(24-19(23)21-12-22-24)15-9-5-6-10-16(15)20/h2-10,12,17-18H,11H2,1H3/t17-,18+/m1/s1. The molecule has 0 saturated carbocycles. The van der Waals surface area contributed by atoms with Crippen LogP contribution in [-0.2, 0) is 4.79 Å². The van der Waals surface area contributed by atoms with Gasteiger partial charge < -0.3 is 0 Å². The second kappa shape index (κ2) is 6.33. The molecule has 0 unspecified atom stereocenters. The van der Waals surface area contributed by atoms with Gasteiger partial charge in [-0.05, 0) is 23.6 Å². The van der Waals surface area contributed by atoms with E-state index in [1.807, 2.05) is 54.6 Å². The van der Waals surface area contributed by atoms with E-state index < -0.39 is 0 Å². The number of nitrogens with zero attached hydrogens (tertiary/aromatic N) is 4. The average molecular weight is 353 g/mol. The molecule has 0 radical (unpaired) electrons. The number of halogens is 1. The first-order chi connectivity index (χ1) is 12.2. The lowest BCUT2D eigenvalue weighted by atomic mass is 9.92. The Hall–Kier alpha value is -2.66. The van der Waals surface area contributed by atoms with Crippen molar-refractivity contribution in [3.63, 3.8) is 0 Å². The van der Waals surface area contributed by atoms with Crippen molar-refractivity contribution in [1.29, 1.82) is 0 Å². The van der Waals surface area contributed by atoms with Gasteiger partial charge in [0, 0.05) is 11.9 Å². The maximum absolute atomic E-state index is 12.4. The van der Waals surface area contributed by atoms with Crippen molar-refractivity contribution >= 4 is 23.5 Å². The van der Waals surface area contributed by atoms with Crippen molar-refractivity contribution in [3.8, 4) is 0 Å². The molecule has 0 spiro atoms. The Balaban J connectivity index is 1.87. The van der Waals surface area contributed by atoms with Crippen LogP contribution < -0.4 is 4.90 Å². The van der Waals surface area contributed by atoms with Crippen molar-refractivity contribution < 1.29 is 4.79 Å². The van der Waals surface area contributed by atoms with Crippen LogP contribution in [0.3, 0.4) is 0 Å². The minimum absolute atomic E-state index is 0.0549. The molecule has 4 rings (SSSR count). The normalized spacial score (nSPS) is 19.5. The number of hydrogen-bond donors (Lipinski definition) is 0. The third-order valence-corrected chi connectivity index (χ3v) is 4.96. The lowest BCUT2D eigenvalue weighted by molar-refractivity contribution is -0.117. The van der Waals surface area contributed by atoms with Crippen LogP contribution in [0.1, 0.15) is 36.6 Å². The highest BCUT2D eigenvalue weighted by Gasteiger charge is 2.38. The monoisotopic (exact) mass is 352 g/mol. The molecule has 25 heavy (non-hydrogen) atoms. The Morgan fingerprint density at radius 1 is 1.08 bits per heavy atom. The molecule has 0 aliphatic carbocycles. The van der Waals surface area contributed by atoms with Gasteiger partial charge in [0.25, 0.3) is 0 Å². The number of benzene rings is 2. The van der Waals surface area contributed by atoms with Crippen LogP contribution in [-0.4, -0.2) is 20.7 Å². The first kappa shape index (κ1) is 15.8. The molecular weight excluding hydrogens is 336 g/mol. The number of amides is 1. The molecule has 0 fully saturated rings. The van der Waals surface area contributed by atoms with Gasteiger partial charge in [-0.25, -0.2) is 4.68 Å². The Morgan fingerprint density at radius 2 is 1.80 bits per heavy atom. The second-order valence-electron chi connectivity index (χ2n) is 6.09. The molecule has 1 aromatic heterocycles. The van der Waals surface area contributed by atoms with Crippen molar-refractivity contribution in [3.05, 3.63) is 77.1 Å². The fraction of sp³-hybridized carbons (Fsp3) is 0.211. The van der Waals surface area contributed by atoms with E-state index in [-0.39, 0.29) is 18.0 Å². The maximum atomic E-state index is 12.4. The van der Waals surface area contributed by atoms with E-state index in [9.17, 15) is 4.79 Å². The number of anilines is 1. The predicted octanol–water partition coefficient (Wildman–Crippen LogP) is 4.02. The molecule has 3 aromatic rings. The minimum atomic E-state index is -0.114. The Labute approximate surface area is 150 Å². The number of aromatic nitrogens is 3. The van der Waals surface area contributed by atoms with Crippen LogP contribution in [0.5, 0.6) is 0 Å². The summed E-state index contributed by atoms with van der Waals surface area (Å²) in [5.74, 6) is 0.498. The molecule has 0 saturated heterocycles. The lowest BCUT2D eigenvalue weighted by Crippen LogP contribution is -2.41. The summed E-state index contributed by atoms with van der Waals surface area (Å²) in [6.07, 6.45) is 2.17. The molecule has 1 aliphatic rings. The molecule has 0 N–H and O–H groups in total. The highest BCUT2D eigenvalue weighted by Crippen LogP contribution is 2.43. The molecule has 1 amide bonds. The van der Waals surface area contributed by atoms with E-state index in [4.69, 9.17) is 11.6 Å². The highest BCUT2D eigenvalue weighted by atomic mass is 35.5. The molecule has 5 nitrogen and oxygen atoms in total. The van der Waals surface area contributed by atoms with E-state index in [1.165, 1.54) is 6.33 Å². The van der Waals surface area contributed by atoms with Gasteiger partial charge in [-0.1, -0.05) is 60.1 Å². The van der Waals surface area contributed by atoms with Gasteiger partial charge in [-0.3, -0.25) is 9.69 Å². The number of fused-ring (bicyclic) bond motifs is 1. The molecular formula is C19H17ClN4O. The summed E-state index contributed by atoms with van der Waals surface area (Å²) in [7, 11) is 0. The number of hydrogen-bond acceptors (Lipinski definition) is 3. The van der Waals surface area contributed by atoms with Gasteiger partial charge in [0.15, 0.2) is 0 Å². The van der Waals surface area contributed by atoms with Crippen LogP contribution in [0.25, 0.3) is 0 Å². The van der Waals surface area contributed by atoms with Gasteiger partial charge in [0.1, 0.15) is 6.33 Å². The summed E-state index contributed by atoms with van der Waals surface area (Å²) in [5, 5.41) is 5.06. The third kappa shape index (κ3) is 2.70. The highest BCUT2D eigenvalue weighted by molar-refractivity contribution is 6.31. The fourth-order valence-corrected chi connectivity index (χ4v) is 3.78. The van der Waals surface area contributed by atoms with Gasteiger partial charge in [-0.2, -0.15) is 10.1 Å². The van der Waals surface area contributed by atoms with Gasteiger partial charge in [0.2, 0.25) is 11.9 Å². The lowest BCUT2D eigenvalue weighted by Gasteiger charge is -2.38. The molecule has 6 heteroatoms. The van der Waals surface area contributed by atoms with Crippen molar-refractivity contribution in [2.75, 3.05) is 4.90 Å². The topological polar surface area (TPSA) is 51.0 Å². The van der Waals surface area contributed by atoms with Crippen molar-refractivity contribution in [2.24, 2.45) is 0 Å². The number of carbonyl (C=O) groups is 1. The van der Waals surface area contributed by atoms with Crippen molar-refractivity contribution in [2.45, 2.75) is 25.4 Å². The smallest absolute Gasteiger partial charge is 0.231 e. The van der Waals surface area contributed by atoms with Gasteiger partial charge >= 0.3 is 0 Å². The Kier molecular flexibility index (Phi) is 4.01. The summed E-state index contributed by atoms with van der Waals surface area (Å²) in [6.45, 7) is 1.56. The van der Waals surface area contributed by atoms with E-state index >= 15 is 0 Å². The molecule has 0 bridgehead atoms. The average Bonchev–Trinajstić information content (AvgIpc) is 3.11. The molecule has 1 aliphatic heterocycles. The van der Waals surface area contributed by atoms with E-state index in [0.29, 0.717) is 17.4 Å². The zero-order chi connectivity index (χ0) is 17.4. The molecule has 2 aromatic carbocycles. The van der Waals surface area contributed by atoms with Crippen LogP contribution in [0.2, 0.25) is 5.02 Å². The largest absolute Gasteiger partial charge is 0.275 e. The van der Waals surface area contributed by atoms with E-state index in [1.54, 1.807) is 16.5 Å². The van der Waals surface area contributed by atoms with Crippen LogP contribution in [0.4, 0.5) is 5.95 Å². The Bertz CT molecular complexity index is 909. The zero-order valence-corrected chi connectivity index (χ0v) is 14.5. The summed E-state index contributed by atoms with van der Waals surface area (Å²) < 4.78 is 1.79. The summed E-state index contributed by atoms with van der Waals surface area (Å²) in [4.78, 5) is 18.4. The molecule has 2 atom stereocenters. The minimum Gasteiger partial charge on any atom is -0.275 e. The number of carbonyl (C=O) groups excluding carboxylic acids is 1. The van der Waals surface area contributed by atoms with Crippen molar-refractivity contribution in [1.82, 2.24) is 14.8 Å². The predicted molar refractivity (Wildman–Crippen MR) is 96.6 cm³/mol. The first-order valence-corrected chi connectivity index (χ1v) is 8.53. The SMILES string of the molecule is CC(=O)N1c2ncnn2[C@H](c2ccccc2Cl)C[C@@H]1c1ccccc1. The van der Waals surface area contributed by atoms with Crippen LogP contribution in [0, 0.1) is 0 Å². The van der Waals surface area contributed by atoms with Crippen LogP contribution >= 0.6 is 11.6 Å². The maximum Gasteiger partial charge on any atom is 0.231 e. The Morgan fingerprint density at radius 3 is 2.52 bits per heavy atom. The summed E-state index contributed by atoms with van der Waals surface area (Å²) in [6, 6.07) is 17.6. The molecule has 2 heterocycles. The number of rotatable bonds is 2. The van der Waals surface area contributed by atoms with Gasteiger partial charge in [0.05, 0.1) is 12.1 Å². The summed E-state index contributed by atoms with van der Waals surface area (Å²) >= 11 is 6.44.